The van der Waals surface area contributed by atoms with Crippen LogP contribution in [0, 0.1) is 5.92 Å². The van der Waals surface area contributed by atoms with Crippen molar-refractivity contribution < 1.29 is 4.79 Å². The highest BCUT2D eigenvalue weighted by molar-refractivity contribution is 5.86. The number of benzene rings is 1. The molecule has 6 heteroatoms. The van der Waals surface area contributed by atoms with Crippen LogP contribution >= 0.6 is 0 Å². The number of para-hydroxylation sites is 1. The van der Waals surface area contributed by atoms with Gasteiger partial charge in [0, 0.05) is 59.7 Å². The highest BCUT2D eigenvalue weighted by Gasteiger charge is 2.38. The topological polar surface area (TPSA) is 72.2 Å². The van der Waals surface area contributed by atoms with E-state index in [0.29, 0.717) is 18.0 Å². The average Bonchev–Trinajstić information content (AvgIpc) is 3.24. The Hall–Kier alpha value is -1.89. The summed E-state index contributed by atoms with van der Waals surface area (Å²) in [5.74, 6) is 0.477. The van der Waals surface area contributed by atoms with Gasteiger partial charge in [-0.25, -0.2) is 10.9 Å². The number of aromatic nitrogens is 1. The lowest BCUT2D eigenvalue weighted by atomic mass is 9.82. The molecule has 3 atom stereocenters. The summed E-state index contributed by atoms with van der Waals surface area (Å²) in [6.45, 7) is 1.57. The Balaban J connectivity index is 1.35. The molecule has 2 aromatic rings. The molecule has 5 rings (SSSR count). The maximum atomic E-state index is 13.1. The number of hydrogen-bond acceptors (Lipinski definition) is 4. The molecule has 1 aliphatic carbocycles. The second kappa shape index (κ2) is 5.58. The number of hydrogen-bond donors (Lipinski definition) is 4. The van der Waals surface area contributed by atoms with Gasteiger partial charge >= 0.3 is 0 Å². The maximum Gasteiger partial charge on any atom is 0.226 e. The zero-order valence-corrected chi connectivity index (χ0v) is 13.6. The average molecular weight is 325 g/mol. The molecule has 0 radical (unpaired) electrons. The molecular formula is C18H23N5O. The van der Waals surface area contributed by atoms with Crippen molar-refractivity contribution in [3.8, 4) is 0 Å². The third-order valence-corrected chi connectivity index (χ3v) is 5.91. The van der Waals surface area contributed by atoms with Gasteiger partial charge in [0.15, 0.2) is 0 Å². The molecule has 4 N–H and O–H groups in total. The van der Waals surface area contributed by atoms with Gasteiger partial charge in [-0.2, -0.15) is 5.53 Å². The molecule has 0 bridgehead atoms. The van der Waals surface area contributed by atoms with Gasteiger partial charge in [-0.1, -0.05) is 18.2 Å². The Morgan fingerprint density at radius 2 is 2.00 bits per heavy atom. The Kier molecular flexibility index (Phi) is 3.36. The quantitative estimate of drug-likeness (QED) is 0.636. The number of hydrazine groups is 2. The fraction of sp³-hybridized carbons (Fsp3) is 0.500. The second-order valence-electron chi connectivity index (χ2n) is 7.27. The number of carbonyl (C=O) groups is 1. The predicted octanol–water partition coefficient (Wildman–Crippen LogP) is 1.20. The molecule has 2 fully saturated rings. The van der Waals surface area contributed by atoms with Gasteiger partial charge in [0.2, 0.25) is 5.91 Å². The Morgan fingerprint density at radius 1 is 1.12 bits per heavy atom. The van der Waals surface area contributed by atoms with E-state index < -0.39 is 0 Å². The van der Waals surface area contributed by atoms with Crippen LogP contribution in [0.4, 0.5) is 0 Å². The van der Waals surface area contributed by atoms with Crippen LogP contribution < -0.4 is 16.4 Å². The number of H-pyrrole nitrogens is 1. The number of nitrogens with one attached hydrogen (secondary N) is 4. The summed E-state index contributed by atoms with van der Waals surface area (Å²) in [6.07, 6.45) is 3.87. The lowest BCUT2D eigenvalue weighted by Gasteiger charge is -2.35. The van der Waals surface area contributed by atoms with Crippen LogP contribution in [0.25, 0.3) is 10.9 Å². The van der Waals surface area contributed by atoms with E-state index in [-0.39, 0.29) is 5.92 Å². The molecule has 1 saturated heterocycles. The Bertz CT molecular complexity index is 785. The van der Waals surface area contributed by atoms with E-state index in [1.165, 1.54) is 22.2 Å². The second-order valence-corrected chi connectivity index (χ2v) is 7.27. The van der Waals surface area contributed by atoms with Crippen LogP contribution in [0.5, 0.6) is 0 Å². The summed E-state index contributed by atoms with van der Waals surface area (Å²) in [7, 11) is 0. The molecule has 24 heavy (non-hydrogen) atoms. The first-order valence-corrected chi connectivity index (χ1v) is 8.93. The van der Waals surface area contributed by atoms with E-state index in [1.54, 1.807) is 0 Å². The number of fused-ring (bicyclic) bond motifs is 4. The molecule has 2 aliphatic heterocycles. The first-order valence-electron chi connectivity index (χ1n) is 8.93. The normalized spacial score (nSPS) is 29.5. The minimum Gasteiger partial charge on any atom is -0.358 e. The van der Waals surface area contributed by atoms with Gasteiger partial charge in [0.25, 0.3) is 0 Å². The van der Waals surface area contributed by atoms with Crippen LogP contribution in [0.2, 0.25) is 0 Å². The zero-order valence-electron chi connectivity index (χ0n) is 13.6. The predicted molar refractivity (Wildman–Crippen MR) is 91.7 cm³/mol. The molecule has 1 amide bonds. The van der Waals surface area contributed by atoms with Gasteiger partial charge in [-0.3, -0.25) is 4.79 Å². The number of nitrogens with zero attached hydrogens (tertiary/aromatic N) is 1. The molecule has 3 heterocycles. The maximum absolute atomic E-state index is 13.1. The Morgan fingerprint density at radius 3 is 2.96 bits per heavy atom. The number of aromatic amines is 1. The fourth-order valence-corrected chi connectivity index (χ4v) is 4.57. The SMILES string of the molecule is O=C(C1CCC2NNNC2C1)N1CCc2[nH]c3ccccc3c2C1. The van der Waals surface area contributed by atoms with Gasteiger partial charge in [0.1, 0.15) is 0 Å². The summed E-state index contributed by atoms with van der Waals surface area (Å²) in [5.41, 5.74) is 13.3. The summed E-state index contributed by atoms with van der Waals surface area (Å²) in [6, 6.07) is 9.22. The van der Waals surface area contributed by atoms with Gasteiger partial charge in [0.05, 0.1) is 0 Å². The fourth-order valence-electron chi connectivity index (χ4n) is 4.57. The standard InChI is InChI=1S/C18H23N5O/c24-18(11-5-6-16-17(9-11)21-22-20-16)23-8-7-15-13(10-23)12-3-1-2-4-14(12)19-15/h1-4,11,16-17,19-22H,5-10H2. The summed E-state index contributed by atoms with van der Waals surface area (Å²) < 4.78 is 0. The minimum absolute atomic E-state index is 0.146. The van der Waals surface area contributed by atoms with Crippen LogP contribution in [-0.2, 0) is 17.8 Å². The van der Waals surface area contributed by atoms with Crippen molar-refractivity contribution in [2.24, 2.45) is 5.92 Å². The molecule has 1 saturated carbocycles. The zero-order chi connectivity index (χ0) is 16.1. The minimum atomic E-state index is 0.146. The first-order chi connectivity index (χ1) is 11.8. The van der Waals surface area contributed by atoms with Gasteiger partial charge in [-0.05, 0) is 25.3 Å². The number of carbonyl (C=O) groups excluding carboxylic acids is 1. The molecule has 0 spiro atoms. The lowest BCUT2D eigenvalue weighted by Crippen LogP contribution is -2.46. The van der Waals surface area contributed by atoms with Crippen molar-refractivity contribution in [3.05, 3.63) is 35.5 Å². The van der Waals surface area contributed by atoms with Crippen molar-refractivity contribution in [2.75, 3.05) is 6.54 Å². The van der Waals surface area contributed by atoms with E-state index in [4.69, 9.17) is 0 Å². The van der Waals surface area contributed by atoms with Gasteiger partial charge in [-0.15, -0.1) is 0 Å². The van der Waals surface area contributed by atoms with Crippen LogP contribution in [0.15, 0.2) is 24.3 Å². The number of amides is 1. The summed E-state index contributed by atoms with van der Waals surface area (Å²) in [4.78, 5) is 18.7. The van der Waals surface area contributed by atoms with E-state index in [9.17, 15) is 4.79 Å². The third kappa shape index (κ3) is 2.25. The summed E-state index contributed by atoms with van der Waals surface area (Å²) in [5, 5.41) is 1.26. The smallest absolute Gasteiger partial charge is 0.226 e. The van der Waals surface area contributed by atoms with Crippen molar-refractivity contribution in [1.82, 2.24) is 26.3 Å². The van der Waals surface area contributed by atoms with E-state index in [1.807, 2.05) is 0 Å². The monoisotopic (exact) mass is 325 g/mol. The third-order valence-electron chi connectivity index (χ3n) is 5.91. The highest BCUT2D eigenvalue weighted by atomic mass is 16.2. The molecule has 6 nitrogen and oxygen atoms in total. The molecule has 1 aromatic carbocycles. The molecule has 1 aromatic heterocycles. The molecular weight excluding hydrogens is 302 g/mol. The van der Waals surface area contributed by atoms with Crippen LogP contribution in [0.1, 0.15) is 30.5 Å². The Labute approximate surface area is 140 Å². The van der Waals surface area contributed by atoms with Crippen LogP contribution in [0.3, 0.4) is 0 Å². The van der Waals surface area contributed by atoms with Crippen molar-refractivity contribution in [2.45, 2.75) is 44.3 Å². The molecule has 3 unspecified atom stereocenters. The van der Waals surface area contributed by atoms with E-state index in [2.05, 4.69) is 50.5 Å². The first kappa shape index (κ1) is 14.5. The van der Waals surface area contributed by atoms with Crippen molar-refractivity contribution in [1.29, 1.82) is 0 Å². The van der Waals surface area contributed by atoms with Crippen LogP contribution in [-0.4, -0.2) is 34.4 Å². The van der Waals surface area contributed by atoms with Crippen molar-refractivity contribution in [3.63, 3.8) is 0 Å². The summed E-state index contributed by atoms with van der Waals surface area (Å²) >= 11 is 0. The molecule has 126 valence electrons. The number of rotatable bonds is 1. The van der Waals surface area contributed by atoms with E-state index >= 15 is 0 Å². The van der Waals surface area contributed by atoms with E-state index in [0.717, 1.165) is 38.8 Å². The largest absolute Gasteiger partial charge is 0.358 e. The van der Waals surface area contributed by atoms with Gasteiger partial charge < -0.3 is 9.88 Å². The highest BCUT2D eigenvalue weighted by Crippen LogP contribution is 2.31. The van der Waals surface area contributed by atoms with Crippen molar-refractivity contribution >= 4 is 16.8 Å². The molecule has 3 aliphatic rings. The lowest BCUT2D eigenvalue weighted by molar-refractivity contribution is -0.137.